The lowest BCUT2D eigenvalue weighted by atomic mass is 9.94. The van der Waals surface area contributed by atoms with Gasteiger partial charge in [-0.2, -0.15) is 0 Å². The molecule has 3 fully saturated rings. The standard InChI is InChI=1S/C64H82N4O15/c1-3-5-6-7-8-24-35-75-64-61(60(78-41-48-33-22-13-23-34-48)57(76-39-46-29-18-11-19-30-46)50(81-64)42-73-37-44-25-14-9-15-26-44)83-62-53(67-52(69)4-2)59(77-40-47-31-20-12-21-32-47)58(51(80-62)43-74-38-45-27-16-10-17-28-45)82-63-56(72)55(71)54(70)49(79-63)36-66-68-65/h9-23,25-34,49-51,53-64,70-72H,3-8,24,35-43H2,1-2H3,(H,67,69)/t49-,50-,51-,53-,54+,55+,56-,57-,58-,59-,60+,61+,62+,63+,64+/m1/s1. The van der Waals surface area contributed by atoms with Crippen molar-refractivity contribution < 1.29 is 72.2 Å². The Bertz CT molecular complexity index is 2630. The fraction of sp³-hybridized carbons (Fsp3) is 0.516. The van der Waals surface area contributed by atoms with Crippen LogP contribution in [0.3, 0.4) is 0 Å². The third-order valence-electron chi connectivity index (χ3n) is 14.9. The molecule has 0 bridgehead atoms. The zero-order valence-corrected chi connectivity index (χ0v) is 47.5. The molecule has 0 aliphatic carbocycles. The number of hydrogen-bond acceptors (Lipinski definition) is 16. The van der Waals surface area contributed by atoms with Gasteiger partial charge >= 0.3 is 0 Å². The van der Waals surface area contributed by atoms with Crippen molar-refractivity contribution in [2.45, 2.75) is 184 Å². The number of unbranched alkanes of at least 4 members (excludes halogenated alkanes) is 5. The van der Waals surface area contributed by atoms with Gasteiger partial charge in [0.25, 0.3) is 0 Å². The average molecular weight is 1150 g/mol. The van der Waals surface area contributed by atoms with Crippen molar-refractivity contribution in [3.05, 3.63) is 190 Å². The van der Waals surface area contributed by atoms with Gasteiger partial charge in [0.2, 0.25) is 5.91 Å². The minimum absolute atomic E-state index is 0.00249. The van der Waals surface area contributed by atoms with Crippen LogP contribution >= 0.6 is 0 Å². The van der Waals surface area contributed by atoms with Crippen LogP contribution in [0.1, 0.15) is 86.6 Å². The van der Waals surface area contributed by atoms with E-state index < -0.39 is 92.1 Å². The summed E-state index contributed by atoms with van der Waals surface area (Å²) in [5, 5.41) is 40.5. The first-order valence-corrected chi connectivity index (χ1v) is 29.2. The topological polar surface area (TPSA) is 240 Å². The highest BCUT2D eigenvalue weighted by atomic mass is 16.8. The van der Waals surface area contributed by atoms with Crippen LogP contribution in [0.2, 0.25) is 0 Å². The Morgan fingerprint density at radius 1 is 0.494 bits per heavy atom. The number of benzene rings is 5. The molecule has 0 aromatic heterocycles. The Balaban J connectivity index is 1.21. The van der Waals surface area contributed by atoms with Crippen molar-refractivity contribution in [1.82, 2.24) is 5.32 Å². The molecule has 8 rings (SSSR count). The first-order chi connectivity index (χ1) is 40.7. The zero-order valence-electron chi connectivity index (χ0n) is 47.5. The van der Waals surface area contributed by atoms with E-state index in [1.165, 1.54) is 0 Å². The molecule has 448 valence electrons. The van der Waals surface area contributed by atoms with Gasteiger partial charge in [0, 0.05) is 17.9 Å². The quantitative estimate of drug-likeness (QED) is 0.0133. The Labute approximate surface area is 487 Å². The van der Waals surface area contributed by atoms with E-state index in [0.717, 1.165) is 66.3 Å². The predicted molar refractivity (Wildman–Crippen MR) is 307 cm³/mol. The lowest BCUT2D eigenvalue weighted by Gasteiger charge is -2.51. The first-order valence-electron chi connectivity index (χ1n) is 29.2. The lowest BCUT2D eigenvalue weighted by Crippen LogP contribution is -2.70. The normalized spacial score (nSPS) is 28.0. The monoisotopic (exact) mass is 1150 g/mol. The second-order valence-corrected chi connectivity index (χ2v) is 21.1. The highest BCUT2D eigenvalue weighted by Gasteiger charge is 2.56. The summed E-state index contributed by atoms with van der Waals surface area (Å²) in [6.45, 7) is 4.54. The number of aliphatic hydroxyl groups is 3. The van der Waals surface area contributed by atoms with E-state index in [1.54, 1.807) is 6.92 Å². The summed E-state index contributed by atoms with van der Waals surface area (Å²) >= 11 is 0. The molecule has 3 saturated heterocycles. The number of carbonyl (C=O) groups is 1. The van der Waals surface area contributed by atoms with E-state index in [1.807, 2.05) is 152 Å². The van der Waals surface area contributed by atoms with Gasteiger partial charge in [-0.05, 0) is 39.8 Å². The fourth-order valence-electron chi connectivity index (χ4n) is 10.4. The molecule has 5 aromatic carbocycles. The molecule has 19 heteroatoms. The van der Waals surface area contributed by atoms with Gasteiger partial charge in [0.05, 0.1) is 58.9 Å². The molecule has 3 heterocycles. The van der Waals surface area contributed by atoms with Gasteiger partial charge < -0.3 is 72.7 Å². The molecule has 83 heavy (non-hydrogen) atoms. The van der Waals surface area contributed by atoms with Crippen LogP contribution in [0.25, 0.3) is 10.4 Å². The number of aliphatic hydroxyl groups excluding tert-OH is 3. The molecule has 3 aliphatic rings. The van der Waals surface area contributed by atoms with Crippen molar-refractivity contribution in [3.8, 4) is 0 Å². The number of nitrogens with one attached hydrogen (secondary N) is 1. The fourth-order valence-corrected chi connectivity index (χ4v) is 10.4. The van der Waals surface area contributed by atoms with Crippen LogP contribution in [-0.4, -0.2) is 140 Å². The number of azide groups is 1. The van der Waals surface area contributed by atoms with Crippen molar-refractivity contribution in [2.24, 2.45) is 5.11 Å². The Hall–Kier alpha value is -5.68. The molecule has 1 amide bonds. The van der Waals surface area contributed by atoms with Gasteiger partial charge in [-0.25, -0.2) is 0 Å². The van der Waals surface area contributed by atoms with Gasteiger partial charge in [0.15, 0.2) is 18.9 Å². The Morgan fingerprint density at radius 3 is 1.46 bits per heavy atom. The third kappa shape index (κ3) is 19.2. The maximum absolute atomic E-state index is 14.1. The summed E-state index contributed by atoms with van der Waals surface area (Å²) in [7, 11) is 0. The van der Waals surface area contributed by atoms with E-state index >= 15 is 0 Å². The number of hydrogen-bond donors (Lipinski definition) is 4. The molecule has 15 atom stereocenters. The second-order valence-electron chi connectivity index (χ2n) is 21.1. The number of amides is 1. The molecule has 5 aromatic rings. The molecule has 0 unspecified atom stereocenters. The van der Waals surface area contributed by atoms with Crippen LogP contribution in [-0.2, 0) is 89.9 Å². The smallest absolute Gasteiger partial charge is 0.220 e. The molecule has 4 N–H and O–H groups in total. The molecule has 19 nitrogen and oxygen atoms in total. The molecule has 0 saturated carbocycles. The van der Waals surface area contributed by atoms with E-state index in [2.05, 4.69) is 22.3 Å². The third-order valence-corrected chi connectivity index (χ3v) is 14.9. The predicted octanol–water partition coefficient (Wildman–Crippen LogP) is 8.79. The van der Waals surface area contributed by atoms with Crippen LogP contribution in [0.4, 0.5) is 0 Å². The summed E-state index contributed by atoms with van der Waals surface area (Å²) < 4.78 is 75.3. The van der Waals surface area contributed by atoms with Crippen molar-refractivity contribution >= 4 is 5.91 Å². The van der Waals surface area contributed by atoms with E-state index in [-0.39, 0.29) is 58.5 Å². The summed E-state index contributed by atoms with van der Waals surface area (Å²) in [6, 6.07) is 47.3. The maximum atomic E-state index is 14.1. The maximum Gasteiger partial charge on any atom is 0.220 e. The van der Waals surface area contributed by atoms with Crippen LogP contribution in [0, 0.1) is 0 Å². The van der Waals surface area contributed by atoms with E-state index in [9.17, 15) is 25.6 Å². The van der Waals surface area contributed by atoms with E-state index in [0.29, 0.717) is 13.2 Å². The Kier molecular flexibility index (Phi) is 26.2. The highest BCUT2D eigenvalue weighted by molar-refractivity contribution is 5.76. The minimum Gasteiger partial charge on any atom is -0.388 e. The summed E-state index contributed by atoms with van der Waals surface area (Å²) in [4.78, 5) is 16.9. The van der Waals surface area contributed by atoms with Gasteiger partial charge in [-0.3, -0.25) is 4.79 Å². The van der Waals surface area contributed by atoms with Crippen LogP contribution in [0.5, 0.6) is 0 Å². The molecule has 0 radical (unpaired) electrons. The molecular weight excluding hydrogens is 1060 g/mol. The number of nitrogens with zero attached hydrogens (tertiary/aromatic N) is 3. The van der Waals surface area contributed by atoms with Gasteiger partial charge in [0.1, 0.15) is 67.1 Å². The van der Waals surface area contributed by atoms with Crippen molar-refractivity contribution in [3.63, 3.8) is 0 Å². The molecule has 3 aliphatic heterocycles. The average Bonchev–Trinajstić information content (AvgIpc) is 3.68. The SMILES string of the molecule is CCCCCCCCO[C@H]1O[C@H](COCc2ccccc2)[C@@H](OCc2ccccc2)[C@H](OCc2ccccc2)[C@@H]1O[C@@H]1O[C@H](COCc2ccccc2)[C@@H](O[C@@H]2O[C@H](CN=[N+]=[N-])[C@H](O)[C@H](O)[C@H]2O)[C@H](OCc2ccccc2)[C@H]1NC(=O)CC. The van der Waals surface area contributed by atoms with Gasteiger partial charge in [-0.15, -0.1) is 0 Å². The highest BCUT2D eigenvalue weighted by Crippen LogP contribution is 2.37. The summed E-state index contributed by atoms with van der Waals surface area (Å²) in [6.07, 6.45) is -11.8. The zero-order chi connectivity index (χ0) is 58.0. The second kappa shape index (κ2) is 34.3. The number of ether oxygens (including phenoxy) is 11. The molecular formula is C64H82N4O15. The minimum atomic E-state index is -1.81. The largest absolute Gasteiger partial charge is 0.388 e. The van der Waals surface area contributed by atoms with Crippen LogP contribution in [0.15, 0.2) is 157 Å². The van der Waals surface area contributed by atoms with E-state index in [4.69, 9.17) is 52.1 Å². The molecule has 0 spiro atoms. The van der Waals surface area contributed by atoms with Crippen LogP contribution < -0.4 is 5.32 Å². The van der Waals surface area contributed by atoms with Gasteiger partial charge in [-0.1, -0.05) is 203 Å². The number of rotatable bonds is 33. The summed E-state index contributed by atoms with van der Waals surface area (Å²) in [5.41, 5.74) is 13.6. The summed E-state index contributed by atoms with van der Waals surface area (Å²) in [5.74, 6) is -0.382. The lowest BCUT2D eigenvalue weighted by molar-refractivity contribution is -0.379. The van der Waals surface area contributed by atoms with Crippen molar-refractivity contribution in [2.75, 3.05) is 26.4 Å². The van der Waals surface area contributed by atoms with Crippen molar-refractivity contribution in [1.29, 1.82) is 0 Å². The Morgan fingerprint density at radius 2 is 0.940 bits per heavy atom. The first kappa shape index (κ1) is 63.3. The number of carbonyl (C=O) groups excluding carboxylic acids is 1.